The highest BCUT2D eigenvalue weighted by molar-refractivity contribution is 5.90. The molecule has 0 aromatic carbocycles. The first-order valence-electron chi connectivity index (χ1n) is 12.1. The number of nitrogens with zero attached hydrogens (tertiary/aromatic N) is 7. The molecule has 4 rings (SSSR count). The lowest BCUT2D eigenvalue weighted by Gasteiger charge is -2.34. The molecule has 2 aliphatic rings. The number of ether oxygens (including phenoxy) is 1. The summed E-state index contributed by atoms with van der Waals surface area (Å²) in [6.07, 6.45) is 4.96. The predicted octanol–water partition coefficient (Wildman–Crippen LogP) is -0.350. The molecule has 192 valence electrons. The minimum absolute atomic E-state index is 0.116. The van der Waals surface area contributed by atoms with Crippen LogP contribution in [0.5, 0.6) is 0 Å². The second kappa shape index (κ2) is 10.4. The molecular weight excluding hydrogens is 452 g/mol. The molecule has 35 heavy (non-hydrogen) atoms. The fourth-order valence-electron chi connectivity index (χ4n) is 4.79. The van der Waals surface area contributed by atoms with Gasteiger partial charge in [-0.1, -0.05) is 26.0 Å². The molecule has 0 bridgehead atoms. The van der Waals surface area contributed by atoms with E-state index >= 15 is 0 Å². The Labute approximate surface area is 205 Å². The van der Waals surface area contributed by atoms with Crippen molar-refractivity contribution < 1.29 is 19.4 Å². The van der Waals surface area contributed by atoms with Crippen molar-refractivity contribution in [3.63, 3.8) is 0 Å². The van der Waals surface area contributed by atoms with Gasteiger partial charge in [-0.05, 0) is 5.41 Å². The zero-order valence-corrected chi connectivity index (χ0v) is 20.9. The Bertz CT molecular complexity index is 1020. The monoisotopic (exact) mass is 488 g/mol. The highest BCUT2D eigenvalue weighted by Crippen LogP contribution is 2.34. The van der Waals surface area contributed by atoms with Crippen molar-refractivity contribution in [1.82, 2.24) is 39.7 Å². The largest absolute Gasteiger partial charge is 0.391 e. The average Bonchev–Trinajstić information content (AvgIpc) is 3.54. The number of likely N-dealkylation sites (N-methyl/N-ethyl adjacent to an activating group) is 1. The lowest BCUT2D eigenvalue weighted by atomic mass is 9.85. The predicted molar refractivity (Wildman–Crippen MR) is 126 cm³/mol. The molecule has 2 amide bonds. The van der Waals surface area contributed by atoms with Crippen molar-refractivity contribution >= 4 is 11.8 Å². The van der Waals surface area contributed by atoms with E-state index in [1.807, 2.05) is 31.5 Å². The highest BCUT2D eigenvalue weighted by atomic mass is 16.5. The number of nitrogens with one attached hydrogen (secondary N) is 1. The molecule has 2 saturated heterocycles. The molecular formula is C23H36N8O4. The Morgan fingerprint density at radius 3 is 2.69 bits per heavy atom. The Kier molecular flexibility index (Phi) is 7.53. The molecule has 0 spiro atoms. The maximum atomic E-state index is 13.7. The summed E-state index contributed by atoms with van der Waals surface area (Å²) in [4.78, 5) is 34.3. The number of carbonyl (C=O) groups excluding carboxylic acids is 2. The highest BCUT2D eigenvalue weighted by Gasteiger charge is 2.45. The summed E-state index contributed by atoms with van der Waals surface area (Å²) >= 11 is 0. The number of amides is 2. The van der Waals surface area contributed by atoms with E-state index in [-0.39, 0.29) is 24.8 Å². The molecule has 2 aromatic rings. The number of aliphatic hydroxyl groups excluding tert-OH is 1. The topological polar surface area (TPSA) is 131 Å². The third kappa shape index (κ3) is 5.71. The number of aromatic nitrogens is 5. The summed E-state index contributed by atoms with van der Waals surface area (Å²) in [6, 6.07) is -1.39. The summed E-state index contributed by atoms with van der Waals surface area (Å²) < 4.78 is 9.05. The van der Waals surface area contributed by atoms with E-state index in [0.29, 0.717) is 12.2 Å². The summed E-state index contributed by atoms with van der Waals surface area (Å²) in [7, 11) is 1.53. The number of hydrogen-bond donors (Lipinski definition) is 2. The van der Waals surface area contributed by atoms with E-state index < -0.39 is 23.6 Å². The minimum atomic E-state index is -0.737. The SMILES string of the molecule is CNC(=O)[C@@H]1C[C@@H](O)CN1C(=O)[C@@H](n1cc(Cn2ccnc2CN2CCOCC2)nn1)C(C)(C)C. The van der Waals surface area contributed by atoms with Gasteiger partial charge in [-0.3, -0.25) is 14.5 Å². The summed E-state index contributed by atoms with van der Waals surface area (Å²) in [5.41, 5.74) is 0.205. The molecule has 0 unspecified atom stereocenters. The van der Waals surface area contributed by atoms with E-state index in [0.717, 1.165) is 38.7 Å². The van der Waals surface area contributed by atoms with Crippen LogP contribution in [0, 0.1) is 5.41 Å². The fraction of sp³-hybridized carbons (Fsp3) is 0.696. The lowest BCUT2D eigenvalue weighted by Crippen LogP contribution is -2.49. The summed E-state index contributed by atoms with van der Waals surface area (Å²) in [5, 5.41) is 21.4. The van der Waals surface area contributed by atoms with Crippen molar-refractivity contribution in [1.29, 1.82) is 0 Å². The maximum Gasteiger partial charge on any atom is 0.248 e. The van der Waals surface area contributed by atoms with Crippen LogP contribution in [0.25, 0.3) is 0 Å². The molecule has 0 saturated carbocycles. The van der Waals surface area contributed by atoms with Crippen LogP contribution in [-0.4, -0.2) is 103 Å². The van der Waals surface area contributed by atoms with Gasteiger partial charge in [0, 0.05) is 45.5 Å². The second-order valence-electron chi connectivity index (χ2n) is 10.3. The molecule has 2 N–H and O–H groups in total. The van der Waals surface area contributed by atoms with Crippen molar-refractivity contribution in [3.8, 4) is 0 Å². The molecule has 0 aliphatic carbocycles. The van der Waals surface area contributed by atoms with Crippen LogP contribution in [0.4, 0.5) is 0 Å². The van der Waals surface area contributed by atoms with Crippen LogP contribution in [0.15, 0.2) is 18.6 Å². The zero-order valence-electron chi connectivity index (χ0n) is 20.9. The number of β-amino-alcohol motifs (C(OH)–C–C–N with tert-alkyl or cyclic N) is 1. The number of aliphatic hydroxyl groups is 1. The Balaban J connectivity index is 1.52. The first kappa shape index (κ1) is 25.3. The van der Waals surface area contributed by atoms with Crippen LogP contribution in [-0.2, 0) is 27.4 Å². The standard InChI is InChI=1S/C23H36N8O4/c1-23(2,3)20(22(34)30-14-17(32)11-18(30)21(33)24-4)31-13-16(26-27-31)12-29-6-5-25-19(29)15-28-7-9-35-10-8-28/h5-6,13,17-18,20,32H,7-12,14-15H2,1-4H3,(H,24,33)/t17-,18+,20-/m1/s1. The minimum Gasteiger partial charge on any atom is -0.391 e. The fourth-order valence-corrected chi connectivity index (χ4v) is 4.79. The van der Waals surface area contributed by atoms with Gasteiger partial charge in [0.25, 0.3) is 0 Å². The molecule has 12 nitrogen and oxygen atoms in total. The van der Waals surface area contributed by atoms with E-state index in [1.165, 1.54) is 11.9 Å². The van der Waals surface area contributed by atoms with Gasteiger partial charge in [-0.15, -0.1) is 5.10 Å². The van der Waals surface area contributed by atoms with Gasteiger partial charge in [0.05, 0.1) is 38.6 Å². The number of carbonyl (C=O) groups is 2. The Morgan fingerprint density at radius 1 is 1.26 bits per heavy atom. The van der Waals surface area contributed by atoms with Crippen LogP contribution < -0.4 is 5.32 Å². The summed E-state index contributed by atoms with van der Waals surface area (Å²) in [6.45, 7) is 10.4. The lowest BCUT2D eigenvalue weighted by molar-refractivity contribution is -0.144. The van der Waals surface area contributed by atoms with Crippen LogP contribution >= 0.6 is 0 Å². The smallest absolute Gasteiger partial charge is 0.248 e. The second-order valence-corrected chi connectivity index (χ2v) is 10.3. The molecule has 4 heterocycles. The van der Waals surface area contributed by atoms with Crippen LogP contribution in [0.2, 0.25) is 0 Å². The normalized spacial score (nSPS) is 22.4. The number of rotatable bonds is 7. The molecule has 0 radical (unpaired) electrons. The zero-order chi connectivity index (χ0) is 25.2. The van der Waals surface area contributed by atoms with Crippen molar-refractivity contribution in [2.45, 2.75) is 58.5 Å². The number of morpholine rings is 1. The first-order chi connectivity index (χ1) is 16.7. The van der Waals surface area contributed by atoms with Crippen molar-refractivity contribution in [2.75, 3.05) is 39.9 Å². The van der Waals surface area contributed by atoms with Gasteiger partial charge < -0.3 is 24.6 Å². The summed E-state index contributed by atoms with van der Waals surface area (Å²) in [5.74, 6) is 0.397. The van der Waals surface area contributed by atoms with Gasteiger partial charge >= 0.3 is 0 Å². The van der Waals surface area contributed by atoms with Crippen LogP contribution in [0.1, 0.15) is 44.8 Å². The molecule has 2 aliphatic heterocycles. The first-order valence-corrected chi connectivity index (χ1v) is 12.1. The molecule has 3 atom stereocenters. The Morgan fingerprint density at radius 2 is 2.00 bits per heavy atom. The van der Waals surface area contributed by atoms with Crippen molar-refractivity contribution in [3.05, 3.63) is 30.1 Å². The van der Waals surface area contributed by atoms with Crippen LogP contribution in [0.3, 0.4) is 0 Å². The Hall–Kier alpha value is -2.83. The number of imidazole rings is 1. The van der Waals surface area contributed by atoms with Gasteiger partial charge in [-0.25, -0.2) is 9.67 Å². The number of likely N-dealkylation sites (tertiary alicyclic amines) is 1. The van der Waals surface area contributed by atoms with Gasteiger partial charge in [0.1, 0.15) is 23.6 Å². The van der Waals surface area contributed by atoms with Gasteiger partial charge in [0.2, 0.25) is 11.8 Å². The quantitative estimate of drug-likeness (QED) is 0.541. The van der Waals surface area contributed by atoms with Gasteiger partial charge in [-0.2, -0.15) is 0 Å². The van der Waals surface area contributed by atoms with E-state index in [9.17, 15) is 14.7 Å². The molecule has 2 fully saturated rings. The third-order valence-electron chi connectivity index (χ3n) is 6.59. The van der Waals surface area contributed by atoms with Gasteiger partial charge in [0.15, 0.2) is 0 Å². The number of hydrogen-bond acceptors (Lipinski definition) is 8. The van der Waals surface area contributed by atoms with E-state index in [2.05, 4.69) is 25.5 Å². The maximum absolute atomic E-state index is 13.7. The van der Waals surface area contributed by atoms with E-state index in [1.54, 1.807) is 17.1 Å². The van der Waals surface area contributed by atoms with Crippen molar-refractivity contribution in [2.24, 2.45) is 5.41 Å². The third-order valence-corrected chi connectivity index (χ3v) is 6.59. The molecule has 2 aromatic heterocycles. The average molecular weight is 489 g/mol. The molecule has 12 heteroatoms. The van der Waals surface area contributed by atoms with E-state index in [4.69, 9.17) is 4.74 Å².